The normalized spacial score (nSPS) is 21.3. The molecular formula is C18H25NO3S. The summed E-state index contributed by atoms with van der Waals surface area (Å²) in [6.45, 7) is 1.73. The molecule has 1 saturated heterocycles. The van der Waals surface area contributed by atoms with Crippen molar-refractivity contribution in [2.45, 2.75) is 55.3 Å². The topological polar surface area (TPSA) is 54.5 Å². The maximum absolute atomic E-state index is 13.1. The summed E-state index contributed by atoms with van der Waals surface area (Å²) in [6, 6.07) is 6.96. The maximum atomic E-state index is 13.1. The van der Waals surface area contributed by atoms with Crippen molar-refractivity contribution in [1.29, 1.82) is 0 Å². The summed E-state index contributed by atoms with van der Waals surface area (Å²) in [6.07, 6.45) is 8.63. The van der Waals surface area contributed by atoms with E-state index in [2.05, 4.69) is 0 Å². The van der Waals surface area contributed by atoms with Crippen LogP contribution >= 0.6 is 0 Å². The molecule has 23 heavy (non-hydrogen) atoms. The van der Waals surface area contributed by atoms with Gasteiger partial charge in [-0.15, -0.1) is 0 Å². The molecule has 1 amide bonds. The van der Waals surface area contributed by atoms with Gasteiger partial charge in [0.25, 0.3) is 0 Å². The average molecular weight is 335 g/mol. The Morgan fingerprint density at radius 1 is 0.957 bits per heavy atom. The molecule has 0 N–H and O–H groups in total. The van der Waals surface area contributed by atoms with Crippen molar-refractivity contribution in [3.8, 4) is 0 Å². The van der Waals surface area contributed by atoms with Crippen molar-refractivity contribution in [1.82, 2.24) is 4.90 Å². The molecule has 0 atom stereocenters. The summed E-state index contributed by atoms with van der Waals surface area (Å²) >= 11 is 0. The van der Waals surface area contributed by atoms with Crippen LogP contribution in [0.1, 0.15) is 50.5 Å². The summed E-state index contributed by atoms with van der Waals surface area (Å²) in [4.78, 5) is 15.5. The van der Waals surface area contributed by atoms with Crippen molar-refractivity contribution in [3.63, 3.8) is 0 Å². The number of amides is 1. The first kappa shape index (κ1) is 16.5. The zero-order chi connectivity index (χ0) is 16.5. The van der Waals surface area contributed by atoms with E-state index >= 15 is 0 Å². The molecule has 1 saturated carbocycles. The SMILES string of the molecule is CS(=O)(=O)c1ccc(C2(C(=O)N3CCCCCC3)CCC2)cc1. The van der Waals surface area contributed by atoms with Crippen molar-refractivity contribution < 1.29 is 13.2 Å². The van der Waals surface area contributed by atoms with E-state index in [1.165, 1.54) is 19.1 Å². The fourth-order valence-corrected chi connectivity index (χ4v) is 4.38. The highest BCUT2D eigenvalue weighted by molar-refractivity contribution is 7.90. The number of carbonyl (C=O) groups excluding carboxylic acids is 1. The molecular weight excluding hydrogens is 310 g/mol. The van der Waals surface area contributed by atoms with Gasteiger partial charge in [0.1, 0.15) is 0 Å². The summed E-state index contributed by atoms with van der Waals surface area (Å²) in [5.41, 5.74) is 0.561. The molecule has 1 aromatic carbocycles. The number of hydrogen-bond acceptors (Lipinski definition) is 3. The van der Waals surface area contributed by atoms with Crippen LogP contribution in [0.15, 0.2) is 29.2 Å². The predicted molar refractivity (Wildman–Crippen MR) is 90.1 cm³/mol. The van der Waals surface area contributed by atoms with Crippen LogP contribution in [0.4, 0.5) is 0 Å². The van der Waals surface area contributed by atoms with Crippen LogP contribution in [0, 0.1) is 0 Å². The molecule has 4 nitrogen and oxygen atoms in total. The molecule has 3 rings (SSSR count). The lowest BCUT2D eigenvalue weighted by Crippen LogP contribution is -2.51. The zero-order valence-corrected chi connectivity index (χ0v) is 14.6. The Bertz CT molecular complexity index is 667. The molecule has 2 aliphatic rings. The van der Waals surface area contributed by atoms with E-state index in [1.54, 1.807) is 12.1 Å². The summed E-state index contributed by atoms with van der Waals surface area (Å²) in [5.74, 6) is 0.248. The van der Waals surface area contributed by atoms with Crippen molar-refractivity contribution in [3.05, 3.63) is 29.8 Å². The lowest BCUT2D eigenvalue weighted by atomic mass is 9.63. The van der Waals surface area contributed by atoms with Gasteiger partial charge in [-0.25, -0.2) is 8.42 Å². The lowest BCUT2D eigenvalue weighted by Gasteiger charge is -2.44. The Hall–Kier alpha value is -1.36. The van der Waals surface area contributed by atoms with E-state index in [-0.39, 0.29) is 5.91 Å². The van der Waals surface area contributed by atoms with Gasteiger partial charge in [-0.1, -0.05) is 31.4 Å². The molecule has 2 fully saturated rings. The lowest BCUT2D eigenvalue weighted by molar-refractivity contribution is -0.140. The van der Waals surface area contributed by atoms with Gasteiger partial charge in [-0.3, -0.25) is 4.79 Å². The minimum Gasteiger partial charge on any atom is -0.342 e. The summed E-state index contributed by atoms with van der Waals surface area (Å²) in [7, 11) is -3.19. The average Bonchev–Trinajstić information content (AvgIpc) is 2.74. The zero-order valence-electron chi connectivity index (χ0n) is 13.8. The second kappa shape index (κ2) is 6.27. The highest BCUT2D eigenvalue weighted by Crippen LogP contribution is 2.45. The maximum Gasteiger partial charge on any atom is 0.233 e. The third-order valence-electron chi connectivity index (χ3n) is 5.34. The number of likely N-dealkylation sites (tertiary alicyclic amines) is 1. The first-order valence-corrected chi connectivity index (χ1v) is 10.4. The van der Waals surface area contributed by atoms with Crippen LogP contribution < -0.4 is 0 Å². The third-order valence-corrected chi connectivity index (χ3v) is 6.47. The predicted octanol–water partition coefficient (Wildman–Crippen LogP) is 2.91. The Balaban J connectivity index is 1.86. The van der Waals surface area contributed by atoms with Gasteiger partial charge < -0.3 is 4.90 Å². The first-order chi connectivity index (χ1) is 10.9. The molecule has 1 aromatic rings. The molecule has 0 spiro atoms. The van der Waals surface area contributed by atoms with Crippen molar-refractivity contribution in [2.75, 3.05) is 19.3 Å². The highest BCUT2D eigenvalue weighted by Gasteiger charge is 2.47. The first-order valence-electron chi connectivity index (χ1n) is 8.53. The number of benzene rings is 1. The number of sulfone groups is 1. The molecule has 5 heteroatoms. The van der Waals surface area contributed by atoms with E-state index in [0.29, 0.717) is 4.90 Å². The smallest absolute Gasteiger partial charge is 0.233 e. The number of carbonyl (C=O) groups is 1. The molecule has 126 valence electrons. The number of rotatable bonds is 3. The van der Waals surface area contributed by atoms with Gasteiger partial charge in [0.2, 0.25) is 5.91 Å². The second-order valence-electron chi connectivity index (χ2n) is 6.94. The van der Waals surface area contributed by atoms with Gasteiger partial charge in [0, 0.05) is 19.3 Å². The molecule has 0 aromatic heterocycles. The Labute approximate surface area is 138 Å². The Morgan fingerprint density at radius 2 is 1.52 bits per heavy atom. The highest BCUT2D eigenvalue weighted by atomic mass is 32.2. The number of hydrogen-bond donors (Lipinski definition) is 0. The molecule has 1 heterocycles. The monoisotopic (exact) mass is 335 g/mol. The quantitative estimate of drug-likeness (QED) is 0.853. The minimum atomic E-state index is -3.19. The van der Waals surface area contributed by atoms with Gasteiger partial charge >= 0.3 is 0 Å². The summed E-state index contributed by atoms with van der Waals surface area (Å²) in [5, 5.41) is 0. The Morgan fingerprint density at radius 3 is 1.96 bits per heavy atom. The molecule has 1 aliphatic heterocycles. The van der Waals surface area contributed by atoms with Gasteiger partial charge in [0.15, 0.2) is 9.84 Å². The van der Waals surface area contributed by atoms with E-state index in [9.17, 15) is 13.2 Å². The summed E-state index contributed by atoms with van der Waals surface area (Å²) < 4.78 is 23.2. The molecule has 0 unspecified atom stereocenters. The molecule has 1 aliphatic carbocycles. The van der Waals surface area contributed by atoms with Crippen LogP contribution in [0.3, 0.4) is 0 Å². The van der Waals surface area contributed by atoms with Crippen LogP contribution in [0.5, 0.6) is 0 Å². The fraction of sp³-hybridized carbons (Fsp3) is 0.611. The fourth-order valence-electron chi connectivity index (χ4n) is 3.75. The van der Waals surface area contributed by atoms with E-state index < -0.39 is 15.3 Å². The van der Waals surface area contributed by atoms with Crippen LogP contribution in [-0.4, -0.2) is 38.6 Å². The van der Waals surface area contributed by atoms with E-state index in [4.69, 9.17) is 0 Å². The van der Waals surface area contributed by atoms with Gasteiger partial charge in [-0.05, 0) is 43.4 Å². The van der Waals surface area contributed by atoms with Crippen LogP contribution in [0.2, 0.25) is 0 Å². The minimum absolute atomic E-state index is 0.248. The Kier molecular flexibility index (Phi) is 4.50. The van der Waals surface area contributed by atoms with E-state index in [1.807, 2.05) is 17.0 Å². The largest absolute Gasteiger partial charge is 0.342 e. The van der Waals surface area contributed by atoms with Crippen LogP contribution in [0.25, 0.3) is 0 Å². The third kappa shape index (κ3) is 3.16. The van der Waals surface area contributed by atoms with Crippen molar-refractivity contribution in [2.24, 2.45) is 0 Å². The molecule has 0 bridgehead atoms. The molecule has 0 radical (unpaired) electrons. The van der Waals surface area contributed by atoms with Gasteiger partial charge in [-0.2, -0.15) is 0 Å². The second-order valence-corrected chi connectivity index (χ2v) is 8.95. The van der Waals surface area contributed by atoms with Gasteiger partial charge in [0.05, 0.1) is 10.3 Å². The van der Waals surface area contributed by atoms with Crippen molar-refractivity contribution >= 4 is 15.7 Å². The standard InChI is InChI=1S/C18H25NO3S/c1-23(21,22)16-9-7-15(8-10-16)18(11-6-12-18)17(20)19-13-4-2-3-5-14-19/h7-10H,2-6,11-14H2,1H3. The van der Waals surface area contributed by atoms with E-state index in [0.717, 1.165) is 50.8 Å². The number of nitrogens with zero attached hydrogens (tertiary/aromatic N) is 1. The van der Waals surface area contributed by atoms with Crippen LogP contribution in [-0.2, 0) is 20.0 Å².